The molecular formula is C18H17N3O3S. The van der Waals surface area contributed by atoms with Crippen molar-refractivity contribution in [1.29, 1.82) is 0 Å². The van der Waals surface area contributed by atoms with Crippen LogP contribution in [-0.2, 0) is 0 Å². The van der Waals surface area contributed by atoms with E-state index in [2.05, 4.69) is 4.98 Å². The molecule has 1 atom stereocenters. The molecule has 0 aliphatic carbocycles. The number of benzene rings is 1. The second kappa shape index (κ2) is 6.09. The molecule has 3 heterocycles. The molecule has 1 unspecified atom stereocenters. The highest BCUT2D eigenvalue weighted by atomic mass is 32.1. The summed E-state index contributed by atoms with van der Waals surface area (Å²) in [7, 11) is 0. The molecule has 1 fully saturated rings. The van der Waals surface area contributed by atoms with Crippen LogP contribution in [0, 0.1) is 6.92 Å². The molecule has 1 aromatic carbocycles. The highest BCUT2D eigenvalue weighted by molar-refractivity contribution is 7.15. The third kappa shape index (κ3) is 2.75. The first kappa shape index (κ1) is 16.0. The maximum Gasteiger partial charge on any atom is 0.271 e. The van der Waals surface area contributed by atoms with Crippen LogP contribution in [0.4, 0.5) is 0 Å². The smallest absolute Gasteiger partial charge is 0.271 e. The summed E-state index contributed by atoms with van der Waals surface area (Å²) in [5, 5.41) is 11.5. The fourth-order valence-corrected chi connectivity index (χ4v) is 3.92. The van der Waals surface area contributed by atoms with Crippen molar-refractivity contribution >= 4 is 22.2 Å². The molecular weight excluding hydrogens is 338 g/mol. The van der Waals surface area contributed by atoms with Crippen LogP contribution in [0.1, 0.15) is 22.3 Å². The predicted octanol–water partition coefficient (Wildman–Crippen LogP) is 1.94. The molecule has 25 heavy (non-hydrogen) atoms. The number of thiazole rings is 1. The minimum absolute atomic E-state index is 0.0401. The fourth-order valence-electron chi connectivity index (χ4n) is 3.06. The van der Waals surface area contributed by atoms with Gasteiger partial charge in [0.05, 0.1) is 11.8 Å². The summed E-state index contributed by atoms with van der Waals surface area (Å²) in [6.07, 6.45) is 1.36. The third-order valence-corrected chi connectivity index (χ3v) is 5.31. The van der Waals surface area contributed by atoms with Gasteiger partial charge >= 0.3 is 0 Å². The summed E-state index contributed by atoms with van der Waals surface area (Å²) in [6, 6.07) is 7.87. The zero-order valence-corrected chi connectivity index (χ0v) is 14.5. The van der Waals surface area contributed by atoms with E-state index < -0.39 is 6.10 Å². The second-order valence-electron chi connectivity index (χ2n) is 6.28. The van der Waals surface area contributed by atoms with E-state index in [4.69, 9.17) is 0 Å². The number of aryl methyl sites for hydroxylation is 1. The Morgan fingerprint density at radius 3 is 2.76 bits per heavy atom. The van der Waals surface area contributed by atoms with Gasteiger partial charge in [0.2, 0.25) is 0 Å². The van der Waals surface area contributed by atoms with E-state index in [-0.39, 0.29) is 23.6 Å². The summed E-state index contributed by atoms with van der Waals surface area (Å²) in [4.78, 5) is 31.9. The molecule has 0 saturated carbocycles. The van der Waals surface area contributed by atoms with E-state index in [1.807, 2.05) is 36.6 Å². The van der Waals surface area contributed by atoms with Gasteiger partial charge in [-0.25, -0.2) is 4.98 Å². The summed E-state index contributed by atoms with van der Waals surface area (Å²) >= 11 is 1.37. The summed E-state index contributed by atoms with van der Waals surface area (Å²) in [5.41, 5.74) is 2.44. The minimum Gasteiger partial charge on any atom is -0.391 e. The molecule has 6 nitrogen and oxygen atoms in total. The number of carbonyl (C=O) groups is 1. The number of carbonyl (C=O) groups excluding carboxylic acids is 1. The number of nitrogens with zero attached hydrogens (tertiary/aromatic N) is 3. The van der Waals surface area contributed by atoms with Gasteiger partial charge in [0.1, 0.15) is 5.56 Å². The molecule has 1 aliphatic heterocycles. The molecule has 7 heteroatoms. The molecule has 0 bridgehead atoms. The molecule has 0 radical (unpaired) electrons. The van der Waals surface area contributed by atoms with Gasteiger partial charge in [0.25, 0.3) is 11.5 Å². The molecule has 3 aromatic rings. The number of β-amino-alcohol motifs (C(OH)–C–C–N with tert-alkyl or cyclic N) is 1. The lowest BCUT2D eigenvalue weighted by Crippen LogP contribution is -2.35. The summed E-state index contributed by atoms with van der Waals surface area (Å²) < 4.78 is 1.50. The molecule has 4 rings (SSSR count). The van der Waals surface area contributed by atoms with E-state index in [9.17, 15) is 14.7 Å². The van der Waals surface area contributed by atoms with Crippen molar-refractivity contribution in [2.24, 2.45) is 0 Å². The van der Waals surface area contributed by atoms with Gasteiger partial charge < -0.3 is 10.0 Å². The lowest BCUT2D eigenvalue weighted by molar-refractivity contribution is 0.0762. The number of fused-ring (bicyclic) bond motifs is 1. The topological polar surface area (TPSA) is 74.9 Å². The van der Waals surface area contributed by atoms with Crippen molar-refractivity contribution in [3.63, 3.8) is 0 Å². The average Bonchev–Trinajstić information content (AvgIpc) is 3.22. The van der Waals surface area contributed by atoms with Crippen molar-refractivity contribution in [3.8, 4) is 11.3 Å². The van der Waals surface area contributed by atoms with Crippen molar-refractivity contribution < 1.29 is 9.90 Å². The van der Waals surface area contributed by atoms with Gasteiger partial charge in [-0.3, -0.25) is 14.0 Å². The van der Waals surface area contributed by atoms with Crippen molar-refractivity contribution in [1.82, 2.24) is 14.3 Å². The average molecular weight is 355 g/mol. The maximum atomic E-state index is 12.9. The predicted molar refractivity (Wildman–Crippen MR) is 96.0 cm³/mol. The molecule has 1 aliphatic rings. The van der Waals surface area contributed by atoms with Gasteiger partial charge in [-0.15, -0.1) is 11.3 Å². The number of aromatic nitrogens is 2. The Bertz CT molecular complexity index is 1010. The Morgan fingerprint density at radius 1 is 1.32 bits per heavy atom. The van der Waals surface area contributed by atoms with Crippen LogP contribution in [-0.4, -0.2) is 44.5 Å². The third-order valence-electron chi connectivity index (χ3n) is 4.47. The lowest BCUT2D eigenvalue weighted by atomic mass is 10.1. The van der Waals surface area contributed by atoms with Gasteiger partial charge in [0.15, 0.2) is 4.96 Å². The van der Waals surface area contributed by atoms with Crippen LogP contribution in [0.2, 0.25) is 0 Å². The second-order valence-corrected chi connectivity index (χ2v) is 7.11. The van der Waals surface area contributed by atoms with E-state index in [1.54, 1.807) is 0 Å². The largest absolute Gasteiger partial charge is 0.391 e. The molecule has 128 valence electrons. The standard InChI is InChI=1S/C18H17N3O3S/c1-11-2-4-12(5-3-11)15-10-25-18-19-8-14(17(24)21(15)18)16(23)20-7-6-13(22)9-20/h2-5,8,10,13,22H,6-7,9H2,1H3. The summed E-state index contributed by atoms with van der Waals surface area (Å²) in [6.45, 7) is 2.72. The first-order chi connectivity index (χ1) is 12.0. The zero-order chi connectivity index (χ0) is 17.6. The number of likely N-dealkylation sites (tertiary alicyclic amines) is 1. The molecule has 0 spiro atoms. The Kier molecular flexibility index (Phi) is 3.89. The first-order valence-electron chi connectivity index (χ1n) is 8.08. The van der Waals surface area contributed by atoms with Crippen LogP contribution in [0.15, 0.2) is 40.6 Å². The van der Waals surface area contributed by atoms with E-state index in [1.165, 1.54) is 26.8 Å². The maximum absolute atomic E-state index is 12.9. The van der Waals surface area contributed by atoms with Crippen molar-refractivity contribution in [2.75, 3.05) is 13.1 Å². The normalized spacial score (nSPS) is 17.4. The van der Waals surface area contributed by atoms with E-state index in [0.717, 1.165) is 16.8 Å². The Balaban J connectivity index is 1.82. The first-order valence-corrected chi connectivity index (χ1v) is 8.96. The van der Waals surface area contributed by atoms with E-state index >= 15 is 0 Å². The molecule has 1 amide bonds. The molecule has 1 N–H and O–H groups in total. The Hall–Kier alpha value is -2.51. The van der Waals surface area contributed by atoms with Crippen LogP contribution < -0.4 is 5.56 Å². The molecule has 2 aromatic heterocycles. The number of rotatable bonds is 2. The lowest BCUT2D eigenvalue weighted by Gasteiger charge is -2.15. The number of aliphatic hydroxyl groups is 1. The van der Waals surface area contributed by atoms with E-state index in [0.29, 0.717) is 17.9 Å². The van der Waals surface area contributed by atoms with Gasteiger partial charge in [-0.1, -0.05) is 29.8 Å². The summed E-state index contributed by atoms with van der Waals surface area (Å²) in [5.74, 6) is -0.371. The van der Waals surface area contributed by atoms with Crippen molar-refractivity contribution in [2.45, 2.75) is 19.4 Å². The highest BCUT2D eigenvalue weighted by Crippen LogP contribution is 2.24. The van der Waals surface area contributed by atoms with Gasteiger partial charge in [0, 0.05) is 24.7 Å². The Morgan fingerprint density at radius 2 is 2.08 bits per heavy atom. The highest BCUT2D eigenvalue weighted by Gasteiger charge is 2.28. The number of aliphatic hydroxyl groups excluding tert-OH is 1. The number of amides is 1. The number of hydrogen-bond acceptors (Lipinski definition) is 5. The van der Waals surface area contributed by atoms with Gasteiger partial charge in [-0.05, 0) is 18.9 Å². The SMILES string of the molecule is Cc1ccc(-c2csc3ncc(C(=O)N4CCC(O)C4)c(=O)n23)cc1. The zero-order valence-electron chi connectivity index (χ0n) is 13.7. The quantitative estimate of drug-likeness (QED) is 0.762. The van der Waals surface area contributed by atoms with Crippen LogP contribution in [0.25, 0.3) is 16.2 Å². The van der Waals surface area contributed by atoms with Crippen LogP contribution in [0.3, 0.4) is 0 Å². The Labute approximate surface area is 148 Å². The monoisotopic (exact) mass is 355 g/mol. The van der Waals surface area contributed by atoms with Crippen molar-refractivity contribution in [3.05, 3.63) is 57.3 Å². The fraction of sp³-hybridized carbons (Fsp3) is 0.278. The minimum atomic E-state index is -0.521. The number of hydrogen-bond donors (Lipinski definition) is 1. The molecule has 1 saturated heterocycles. The van der Waals surface area contributed by atoms with Gasteiger partial charge in [-0.2, -0.15) is 0 Å². The van der Waals surface area contributed by atoms with Crippen LogP contribution >= 0.6 is 11.3 Å². The van der Waals surface area contributed by atoms with Crippen LogP contribution in [0.5, 0.6) is 0 Å².